The van der Waals surface area contributed by atoms with E-state index in [-0.39, 0.29) is 30.2 Å². The van der Waals surface area contributed by atoms with Crippen molar-refractivity contribution in [1.29, 1.82) is 0 Å². The van der Waals surface area contributed by atoms with Gasteiger partial charge in [-0.25, -0.2) is 0 Å². The molecule has 2 heterocycles. The summed E-state index contributed by atoms with van der Waals surface area (Å²) in [5.41, 5.74) is 17.8. The largest absolute Gasteiger partial charge is 1.00 e. The fourth-order valence-corrected chi connectivity index (χ4v) is 11.2. The Hall–Kier alpha value is -5.04. The second-order valence-electron chi connectivity index (χ2n) is 17.5. The summed E-state index contributed by atoms with van der Waals surface area (Å²) in [4.78, 5) is 9.99. The van der Waals surface area contributed by atoms with Crippen LogP contribution >= 0.6 is 23.5 Å². The molecule has 0 aromatic heterocycles. The zero-order chi connectivity index (χ0) is 45.5. The molecule has 0 aliphatic carbocycles. The first-order valence-corrected chi connectivity index (χ1v) is 30.3. The molecule has 0 N–H and O–H groups in total. The number of halogens is 2. The summed E-state index contributed by atoms with van der Waals surface area (Å²) in [5.74, 6) is 0. The minimum atomic E-state index is 0. The molecule has 0 radical (unpaired) electrons. The van der Waals surface area contributed by atoms with E-state index < -0.39 is 0 Å². The van der Waals surface area contributed by atoms with E-state index in [9.17, 15) is 0 Å². The quantitative estimate of drug-likeness (QED) is 0.128. The Morgan fingerprint density at radius 1 is 0.412 bits per heavy atom. The number of hydrogen-bond acceptors (Lipinski definition) is 4. The van der Waals surface area contributed by atoms with Gasteiger partial charge in [-0.1, -0.05) is 157 Å². The molecule has 0 fully saturated rings. The third-order valence-electron chi connectivity index (χ3n) is 12.0. The van der Waals surface area contributed by atoms with Crippen molar-refractivity contribution in [1.82, 2.24) is 0 Å². The van der Waals surface area contributed by atoms with Crippen molar-refractivity contribution in [2.24, 2.45) is 0 Å². The Labute approximate surface area is 437 Å². The Balaban J connectivity index is 0.000000166. The topological polar surface area (TPSA) is 6.48 Å². The normalized spacial score (nSPS) is 11.9. The number of aryl methyl sites for hydroxylation is 4. The number of anilines is 6. The maximum absolute atomic E-state index is 2.42. The zero-order valence-electron chi connectivity index (χ0n) is 38.9. The monoisotopic (exact) mass is 1050 g/mol. The van der Waals surface area contributed by atoms with E-state index in [0.29, 0.717) is 0 Å². The van der Waals surface area contributed by atoms with Crippen molar-refractivity contribution in [2.45, 2.75) is 60.4 Å². The number of hydrogen-bond donors (Lipinski definition) is 0. The molecule has 2 aliphatic heterocycles. The van der Waals surface area contributed by atoms with Gasteiger partial charge in [0.2, 0.25) is 0 Å². The number of nitrogens with zero attached hydrogens (tertiary/aromatic N) is 2. The predicted octanol–water partition coefficient (Wildman–Crippen LogP) is 12.3. The fourth-order valence-electron chi connectivity index (χ4n) is 9.08. The van der Waals surface area contributed by atoms with Gasteiger partial charge in [0, 0.05) is 31.0 Å². The van der Waals surface area contributed by atoms with Gasteiger partial charge in [0.25, 0.3) is 0 Å². The van der Waals surface area contributed by atoms with E-state index in [4.69, 9.17) is 0 Å². The molecule has 10 aromatic carbocycles. The van der Waals surface area contributed by atoms with Crippen LogP contribution in [0.15, 0.2) is 214 Å². The molecule has 8 heteroatoms. The summed E-state index contributed by atoms with van der Waals surface area (Å²) >= 11 is 5.44. The second kappa shape index (κ2) is 21.3. The smallest absolute Gasteiger partial charge is 0.0593 e. The predicted molar refractivity (Wildman–Crippen MR) is 284 cm³/mol. The first-order chi connectivity index (χ1) is 32.1. The number of rotatable bonds is 4. The van der Waals surface area contributed by atoms with Crippen molar-refractivity contribution in [3.05, 3.63) is 216 Å². The zero-order valence-corrected chi connectivity index (χ0v) is 45.5. The number of benzene rings is 8. The van der Waals surface area contributed by atoms with Crippen LogP contribution in [-0.2, 0) is 23.3 Å². The molecule has 0 amide bonds. The van der Waals surface area contributed by atoms with Crippen molar-refractivity contribution < 1.29 is 48.1 Å². The average molecular weight is 1050 g/mol. The van der Waals surface area contributed by atoms with Crippen LogP contribution in [0, 0.1) is 27.7 Å². The molecule has 2 nitrogen and oxygen atoms in total. The fraction of sp³-hybridized carbons (Fsp3) is 0.100. The number of para-hydroxylation sites is 4. The summed E-state index contributed by atoms with van der Waals surface area (Å²) < 4.78 is 0. The molecular weight excluding hydrogens is 1000 g/mol. The van der Waals surface area contributed by atoms with Crippen LogP contribution in [0.1, 0.15) is 22.3 Å². The molecule has 2 aliphatic rings. The molecule has 10 aromatic rings. The van der Waals surface area contributed by atoms with Gasteiger partial charge in [-0.05, 0) is 85.6 Å². The van der Waals surface area contributed by atoms with Crippen molar-refractivity contribution in [2.75, 3.05) is 9.80 Å². The first-order valence-electron chi connectivity index (χ1n) is 22.5. The van der Waals surface area contributed by atoms with E-state index in [1.807, 2.05) is 23.5 Å². The van der Waals surface area contributed by atoms with Gasteiger partial charge < -0.3 is 34.6 Å². The van der Waals surface area contributed by atoms with Gasteiger partial charge in [0.05, 0.1) is 22.7 Å². The number of fused-ring (bicyclic) bond motifs is 6. The van der Waals surface area contributed by atoms with Gasteiger partial charge in [-0.15, -0.1) is 56.9 Å². The van der Waals surface area contributed by atoms with E-state index in [0.717, 1.165) is 0 Å². The molecule has 0 saturated heterocycles. The van der Waals surface area contributed by atoms with Gasteiger partial charge in [-0.2, -0.15) is 12.1 Å². The standard InChI is InChI=1S/2C29H22NS.C2H6Si.2ClH.Zr/c2*1-19-11-13-21(14-12-19)25-18-23(17-22-15-20(2)16-24(22)25)30-26-7-3-5-9-28(26)31-29-10-6-4-8-27(29)30;1-3-2;;;/h2*3-18H,1-2H3;1-2H3;2*1H;/q2*-1;;;;+2/p-2. The average Bonchev–Trinajstić information content (AvgIpc) is 3.90. The summed E-state index contributed by atoms with van der Waals surface area (Å²) in [5, 5.41) is 5.22. The summed E-state index contributed by atoms with van der Waals surface area (Å²) in [6.45, 7) is 13.3. The van der Waals surface area contributed by atoms with Crippen molar-refractivity contribution in [3.8, 4) is 22.3 Å². The molecule has 12 rings (SSSR count). The van der Waals surface area contributed by atoms with E-state index in [1.165, 1.54) is 120 Å². The van der Waals surface area contributed by atoms with Crippen molar-refractivity contribution in [3.63, 3.8) is 0 Å². The van der Waals surface area contributed by atoms with Gasteiger partial charge in [0.1, 0.15) is 0 Å². The molecule has 0 saturated carbocycles. The summed E-state index contributed by atoms with van der Waals surface area (Å²) in [6.07, 6.45) is 0. The van der Waals surface area contributed by atoms with Crippen molar-refractivity contribution >= 4 is 84.6 Å². The SMILES string of the molecule is C[Si](C)=[Zr+2].Cc1ccc(-c2cc(N3c4ccccc4Sc4ccccc43)cc3[cH-]c(C)cc23)cc1.Cc1ccc(-c2cc(N3c4ccccc4Sc4ccccc43)cc3[cH-]c(C)cc23)cc1.[Cl-].[Cl-]. The summed E-state index contributed by atoms with van der Waals surface area (Å²) in [6, 6.07) is 71.2. The minimum absolute atomic E-state index is 0. The van der Waals surface area contributed by atoms with Crippen LogP contribution in [0.4, 0.5) is 34.1 Å². The van der Waals surface area contributed by atoms with Crippen LogP contribution < -0.4 is 34.6 Å². The van der Waals surface area contributed by atoms with Crippen LogP contribution in [0.25, 0.3) is 43.8 Å². The van der Waals surface area contributed by atoms with Crippen LogP contribution in [-0.4, -0.2) is 5.43 Å². The van der Waals surface area contributed by atoms with E-state index in [2.05, 4.69) is 245 Å². The molecule has 0 bridgehead atoms. The molecular formula is C60H50Cl2N2S2SiZr-2. The van der Waals surface area contributed by atoms with Gasteiger partial charge >= 0.3 is 41.9 Å². The molecule has 0 spiro atoms. The van der Waals surface area contributed by atoms with Crippen LogP contribution in [0.5, 0.6) is 0 Å². The minimum Gasteiger partial charge on any atom is -1.00 e. The Kier molecular flexibility index (Phi) is 15.5. The van der Waals surface area contributed by atoms with E-state index in [1.54, 1.807) is 23.3 Å². The summed E-state index contributed by atoms with van der Waals surface area (Å²) in [7, 11) is 0. The Morgan fingerprint density at radius 2 is 0.706 bits per heavy atom. The van der Waals surface area contributed by atoms with Crippen LogP contribution in [0.3, 0.4) is 0 Å². The van der Waals surface area contributed by atoms with Gasteiger partial charge in [-0.3, -0.25) is 0 Å². The van der Waals surface area contributed by atoms with Crippen LogP contribution in [0.2, 0.25) is 13.1 Å². The van der Waals surface area contributed by atoms with E-state index >= 15 is 0 Å². The second-order valence-corrected chi connectivity index (χ2v) is 29.1. The molecule has 68 heavy (non-hydrogen) atoms. The maximum atomic E-state index is 2.42. The first kappa shape index (κ1) is 49.4. The van der Waals surface area contributed by atoms with Gasteiger partial charge in [0.15, 0.2) is 0 Å². The third kappa shape index (κ3) is 10.1. The maximum Gasteiger partial charge on any atom is 0.0593 e. The third-order valence-corrected chi connectivity index (χ3v) is 14.3. The molecule has 0 atom stereocenters. The Morgan fingerprint density at radius 3 is 1.01 bits per heavy atom. The molecule has 0 unspecified atom stereocenters. The Bertz CT molecular complexity index is 3110. The molecule has 336 valence electrons.